The van der Waals surface area contributed by atoms with Crippen LogP contribution in [-0.2, 0) is 0 Å². The summed E-state index contributed by atoms with van der Waals surface area (Å²) in [6.07, 6.45) is 0. The average molecular weight is 240 g/mol. The van der Waals surface area contributed by atoms with Crippen LogP contribution in [-0.4, -0.2) is 5.91 Å². The first-order valence-electron chi connectivity index (χ1n) is 5.81. The molecule has 2 aromatic carbocycles. The van der Waals surface area contributed by atoms with E-state index in [9.17, 15) is 4.79 Å². The first-order valence-corrected chi connectivity index (χ1v) is 5.81. The zero-order valence-electron chi connectivity index (χ0n) is 10.5. The predicted octanol–water partition coefficient (Wildman–Crippen LogP) is 3.14. The van der Waals surface area contributed by atoms with Crippen LogP contribution in [0.4, 0.5) is 11.4 Å². The molecule has 3 N–H and O–H groups in total. The van der Waals surface area contributed by atoms with Crippen molar-refractivity contribution in [3.8, 4) is 0 Å². The van der Waals surface area contributed by atoms with Crippen LogP contribution in [0.15, 0.2) is 42.5 Å². The number of rotatable bonds is 2. The van der Waals surface area contributed by atoms with Crippen LogP contribution in [0.3, 0.4) is 0 Å². The number of aryl methyl sites for hydroxylation is 2. The number of amides is 1. The molecule has 0 radical (unpaired) electrons. The lowest BCUT2D eigenvalue weighted by atomic mass is 10.1. The van der Waals surface area contributed by atoms with Crippen LogP contribution in [0.5, 0.6) is 0 Å². The number of nitrogen functional groups attached to an aromatic ring is 1. The first-order chi connectivity index (χ1) is 8.58. The molecule has 0 atom stereocenters. The van der Waals surface area contributed by atoms with Crippen molar-refractivity contribution in [3.63, 3.8) is 0 Å². The van der Waals surface area contributed by atoms with Gasteiger partial charge in [-0.05, 0) is 43.2 Å². The highest BCUT2D eigenvalue weighted by Gasteiger charge is 2.10. The molecule has 0 aromatic heterocycles. The summed E-state index contributed by atoms with van der Waals surface area (Å²) in [6.45, 7) is 3.87. The molecular formula is C15H16N2O. The van der Waals surface area contributed by atoms with E-state index in [4.69, 9.17) is 5.73 Å². The van der Waals surface area contributed by atoms with Crippen molar-refractivity contribution in [1.82, 2.24) is 0 Å². The molecule has 1 amide bonds. The number of hydrogen-bond donors (Lipinski definition) is 2. The standard InChI is InChI=1S/C15H16N2O/c1-10-5-3-7-12(9-10)17-15(18)13-8-4-6-11(2)14(13)16/h3-9H,16H2,1-2H3,(H,17,18). The molecule has 0 bridgehead atoms. The van der Waals surface area contributed by atoms with Crippen LogP contribution in [0, 0.1) is 13.8 Å². The van der Waals surface area contributed by atoms with Gasteiger partial charge in [0.1, 0.15) is 0 Å². The molecule has 92 valence electrons. The maximum Gasteiger partial charge on any atom is 0.257 e. The zero-order chi connectivity index (χ0) is 13.1. The smallest absolute Gasteiger partial charge is 0.257 e. The Hall–Kier alpha value is -2.29. The van der Waals surface area contributed by atoms with Crippen molar-refractivity contribution in [2.45, 2.75) is 13.8 Å². The van der Waals surface area contributed by atoms with E-state index < -0.39 is 0 Å². The third kappa shape index (κ3) is 2.51. The minimum Gasteiger partial charge on any atom is -0.398 e. The molecule has 0 aliphatic rings. The lowest BCUT2D eigenvalue weighted by Gasteiger charge is -2.09. The van der Waals surface area contributed by atoms with Crippen LogP contribution >= 0.6 is 0 Å². The number of benzene rings is 2. The summed E-state index contributed by atoms with van der Waals surface area (Å²) in [5.74, 6) is -0.179. The Morgan fingerprint density at radius 1 is 1.11 bits per heavy atom. The summed E-state index contributed by atoms with van der Waals surface area (Å²) in [5.41, 5.74) is 9.74. The zero-order valence-corrected chi connectivity index (χ0v) is 10.5. The molecule has 0 saturated carbocycles. The van der Waals surface area contributed by atoms with Gasteiger partial charge in [-0.1, -0.05) is 24.3 Å². The van der Waals surface area contributed by atoms with Crippen molar-refractivity contribution >= 4 is 17.3 Å². The molecule has 0 unspecified atom stereocenters. The van der Waals surface area contributed by atoms with Gasteiger partial charge in [-0.25, -0.2) is 0 Å². The van der Waals surface area contributed by atoms with E-state index in [1.54, 1.807) is 6.07 Å². The molecular weight excluding hydrogens is 224 g/mol. The Kier molecular flexibility index (Phi) is 3.33. The van der Waals surface area contributed by atoms with Crippen LogP contribution in [0.25, 0.3) is 0 Å². The average Bonchev–Trinajstić information content (AvgIpc) is 2.32. The van der Waals surface area contributed by atoms with Gasteiger partial charge in [0.15, 0.2) is 0 Å². The van der Waals surface area contributed by atoms with Gasteiger partial charge < -0.3 is 11.1 Å². The van der Waals surface area contributed by atoms with E-state index in [1.165, 1.54) is 0 Å². The Bertz CT molecular complexity index is 591. The van der Waals surface area contributed by atoms with Crippen molar-refractivity contribution < 1.29 is 4.79 Å². The number of hydrogen-bond acceptors (Lipinski definition) is 2. The molecule has 3 heteroatoms. The molecule has 0 aliphatic carbocycles. The molecule has 0 fully saturated rings. The predicted molar refractivity (Wildman–Crippen MR) is 74.7 cm³/mol. The summed E-state index contributed by atoms with van der Waals surface area (Å²) < 4.78 is 0. The molecule has 18 heavy (non-hydrogen) atoms. The molecule has 3 nitrogen and oxygen atoms in total. The lowest BCUT2D eigenvalue weighted by molar-refractivity contribution is 0.102. The first kappa shape index (κ1) is 12.2. The SMILES string of the molecule is Cc1cccc(NC(=O)c2cccc(C)c2N)c1. The van der Waals surface area contributed by atoms with Crippen molar-refractivity contribution in [3.05, 3.63) is 59.2 Å². The Balaban J connectivity index is 2.25. The molecule has 2 rings (SSSR count). The number of carbonyl (C=O) groups is 1. The highest BCUT2D eigenvalue weighted by molar-refractivity contribution is 6.08. The van der Waals surface area contributed by atoms with E-state index in [0.29, 0.717) is 11.3 Å². The largest absolute Gasteiger partial charge is 0.398 e. The summed E-state index contributed by atoms with van der Waals surface area (Å²) >= 11 is 0. The van der Waals surface area contributed by atoms with E-state index in [2.05, 4.69) is 5.32 Å². The fourth-order valence-corrected chi connectivity index (χ4v) is 1.80. The maximum atomic E-state index is 12.1. The molecule has 0 saturated heterocycles. The highest BCUT2D eigenvalue weighted by Crippen LogP contribution is 2.18. The Morgan fingerprint density at radius 2 is 1.83 bits per heavy atom. The lowest BCUT2D eigenvalue weighted by Crippen LogP contribution is -2.14. The van der Waals surface area contributed by atoms with Crippen molar-refractivity contribution in [2.75, 3.05) is 11.1 Å². The van der Waals surface area contributed by atoms with Crippen LogP contribution < -0.4 is 11.1 Å². The molecule has 2 aromatic rings. The van der Waals surface area contributed by atoms with Crippen molar-refractivity contribution in [2.24, 2.45) is 0 Å². The summed E-state index contributed by atoms with van der Waals surface area (Å²) in [5, 5.41) is 2.85. The Morgan fingerprint density at radius 3 is 2.56 bits per heavy atom. The topological polar surface area (TPSA) is 55.1 Å². The van der Waals surface area contributed by atoms with Crippen LogP contribution in [0.2, 0.25) is 0 Å². The fourth-order valence-electron chi connectivity index (χ4n) is 1.80. The Labute approximate surface area is 107 Å². The monoisotopic (exact) mass is 240 g/mol. The highest BCUT2D eigenvalue weighted by atomic mass is 16.1. The normalized spacial score (nSPS) is 10.1. The summed E-state index contributed by atoms with van der Waals surface area (Å²) in [4.78, 5) is 12.1. The summed E-state index contributed by atoms with van der Waals surface area (Å²) in [6, 6.07) is 13.1. The van der Waals surface area contributed by atoms with Gasteiger partial charge in [0, 0.05) is 11.4 Å². The van der Waals surface area contributed by atoms with Gasteiger partial charge in [0.05, 0.1) is 5.56 Å². The number of nitrogens with one attached hydrogen (secondary N) is 1. The van der Waals surface area contributed by atoms with Gasteiger partial charge in [-0.15, -0.1) is 0 Å². The minimum atomic E-state index is -0.179. The van der Waals surface area contributed by atoms with E-state index in [0.717, 1.165) is 16.8 Å². The number of carbonyl (C=O) groups excluding carboxylic acids is 1. The van der Waals surface area contributed by atoms with Crippen molar-refractivity contribution in [1.29, 1.82) is 0 Å². The number of para-hydroxylation sites is 1. The maximum absolute atomic E-state index is 12.1. The molecule has 0 heterocycles. The third-order valence-corrected chi connectivity index (χ3v) is 2.84. The second-order valence-electron chi connectivity index (χ2n) is 4.36. The van der Waals surface area contributed by atoms with Gasteiger partial charge in [0.2, 0.25) is 0 Å². The van der Waals surface area contributed by atoms with Gasteiger partial charge in [-0.3, -0.25) is 4.79 Å². The fraction of sp³-hybridized carbons (Fsp3) is 0.133. The third-order valence-electron chi connectivity index (χ3n) is 2.84. The van der Waals surface area contributed by atoms with Gasteiger partial charge in [-0.2, -0.15) is 0 Å². The van der Waals surface area contributed by atoms with Gasteiger partial charge >= 0.3 is 0 Å². The number of nitrogens with two attached hydrogens (primary N) is 1. The minimum absolute atomic E-state index is 0.179. The van der Waals surface area contributed by atoms with E-state index in [-0.39, 0.29) is 5.91 Å². The second kappa shape index (κ2) is 4.92. The van der Waals surface area contributed by atoms with Crippen LogP contribution in [0.1, 0.15) is 21.5 Å². The molecule has 0 aliphatic heterocycles. The second-order valence-corrected chi connectivity index (χ2v) is 4.36. The summed E-state index contributed by atoms with van der Waals surface area (Å²) in [7, 11) is 0. The van der Waals surface area contributed by atoms with E-state index in [1.807, 2.05) is 50.2 Å². The van der Waals surface area contributed by atoms with E-state index >= 15 is 0 Å². The number of anilines is 2. The quantitative estimate of drug-likeness (QED) is 0.792. The van der Waals surface area contributed by atoms with Gasteiger partial charge in [0.25, 0.3) is 5.91 Å². The molecule has 0 spiro atoms.